The van der Waals surface area contributed by atoms with Crippen LogP contribution in [0.5, 0.6) is 0 Å². The molecule has 0 radical (unpaired) electrons. The second kappa shape index (κ2) is 5.99. The fourth-order valence-corrected chi connectivity index (χ4v) is 2.27. The van der Waals surface area contributed by atoms with Crippen molar-refractivity contribution in [2.75, 3.05) is 13.7 Å². The Morgan fingerprint density at radius 1 is 1.26 bits per heavy atom. The Kier molecular flexibility index (Phi) is 4.35. The van der Waals surface area contributed by atoms with E-state index in [1.54, 1.807) is 13.3 Å². The average molecular weight is 260 g/mol. The molecule has 0 amide bonds. The van der Waals surface area contributed by atoms with Crippen LogP contribution in [0.2, 0.25) is 0 Å². The zero-order valence-electron chi connectivity index (χ0n) is 11.4. The number of methoxy groups -OCH3 is 1. The number of nitrogens with zero attached hydrogens (tertiary/aromatic N) is 2. The summed E-state index contributed by atoms with van der Waals surface area (Å²) in [6, 6.07) is 11.6. The highest BCUT2D eigenvalue weighted by Gasteiger charge is 2.29. The van der Waals surface area contributed by atoms with Gasteiger partial charge in [0.15, 0.2) is 0 Å². The summed E-state index contributed by atoms with van der Waals surface area (Å²) < 4.78 is 7.02. The zero-order valence-corrected chi connectivity index (χ0v) is 11.4. The van der Waals surface area contributed by atoms with Gasteiger partial charge in [-0.05, 0) is 24.5 Å². The minimum atomic E-state index is -0.958. The number of ether oxygens (including phenoxy) is 1. The standard InChI is InChI=1S/C15H20N2O2/c1-17-14(9-11-16-17)8-10-15(18,12-19-2)13-6-4-3-5-7-13/h3-7,9,11,18H,8,10,12H2,1-2H3. The molecular formula is C15H20N2O2. The lowest BCUT2D eigenvalue weighted by Crippen LogP contribution is -2.32. The summed E-state index contributed by atoms with van der Waals surface area (Å²) >= 11 is 0. The van der Waals surface area contributed by atoms with E-state index in [4.69, 9.17) is 4.74 Å². The first-order chi connectivity index (χ1) is 9.15. The van der Waals surface area contributed by atoms with Crippen molar-refractivity contribution in [1.29, 1.82) is 0 Å². The third kappa shape index (κ3) is 3.22. The van der Waals surface area contributed by atoms with Gasteiger partial charge in [0.05, 0.1) is 6.61 Å². The van der Waals surface area contributed by atoms with Crippen LogP contribution in [0.3, 0.4) is 0 Å². The quantitative estimate of drug-likeness (QED) is 0.862. The van der Waals surface area contributed by atoms with Crippen LogP contribution >= 0.6 is 0 Å². The molecular weight excluding hydrogens is 240 g/mol. The lowest BCUT2D eigenvalue weighted by atomic mass is 9.89. The Morgan fingerprint density at radius 2 is 2.00 bits per heavy atom. The molecule has 0 saturated carbocycles. The second-order valence-corrected chi connectivity index (χ2v) is 4.78. The molecule has 19 heavy (non-hydrogen) atoms. The van der Waals surface area contributed by atoms with Crippen molar-refractivity contribution in [3.63, 3.8) is 0 Å². The maximum Gasteiger partial charge on any atom is 0.113 e. The maximum absolute atomic E-state index is 10.8. The van der Waals surface area contributed by atoms with Gasteiger partial charge in [0.1, 0.15) is 5.60 Å². The lowest BCUT2D eigenvalue weighted by molar-refractivity contribution is -0.0421. The number of hydrogen-bond acceptors (Lipinski definition) is 3. The highest BCUT2D eigenvalue weighted by Crippen LogP contribution is 2.27. The normalized spacial score (nSPS) is 14.3. The van der Waals surface area contributed by atoms with E-state index in [0.717, 1.165) is 17.7 Å². The molecule has 0 aliphatic rings. The Hall–Kier alpha value is -1.65. The minimum absolute atomic E-state index is 0.287. The van der Waals surface area contributed by atoms with Crippen molar-refractivity contribution in [3.05, 3.63) is 53.9 Å². The number of benzene rings is 1. The average Bonchev–Trinajstić information content (AvgIpc) is 2.83. The van der Waals surface area contributed by atoms with Crippen molar-refractivity contribution in [2.45, 2.75) is 18.4 Å². The van der Waals surface area contributed by atoms with E-state index in [0.29, 0.717) is 6.42 Å². The summed E-state index contributed by atoms with van der Waals surface area (Å²) in [7, 11) is 3.52. The molecule has 0 spiro atoms. The molecule has 0 bridgehead atoms. The molecule has 0 aliphatic carbocycles. The van der Waals surface area contributed by atoms with E-state index in [9.17, 15) is 5.11 Å². The SMILES string of the molecule is COCC(O)(CCc1ccnn1C)c1ccccc1. The Balaban J connectivity index is 2.14. The largest absolute Gasteiger partial charge is 0.383 e. The summed E-state index contributed by atoms with van der Waals surface area (Å²) in [5, 5.41) is 15.0. The molecule has 2 rings (SSSR count). The van der Waals surface area contributed by atoms with E-state index in [1.807, 2.05) is 48.1 Å². The summed E-state index contributed by atoms with van der Waals surface area (Å²) in [5.74, 6) is 0. The number of aromatic nitrogens is 2. The van der Waals surface area contributed by atoms with E-state index < -0.39 is 5.60 Å². The third-order valence-electron chi connectivity index (χ3n) is 3.41. The monoisotopic (exact) mass is 260 g/mol. The second-order valence-electron chi connectivity index (χ2n) is 4.78. The number of hydrogen-bond donors (Lipinski definition) is 1. The van der Waals surface area contributed by atoms with Gasteiger partial charge in [-0.15, -0.1) is 0 Å². The third-order valence-corrected chi connectivity index (χ3v) is 3.41. The van der Waals surface area contributed by atoms with Crippen LogP contribution in [0.4, 0.5) is 0 Å². The summed E-state index contributed by atoms with van der Waals surface area (Å²) in [6.07, 6.45) is 3.13. The van der Waals surface area contributed by atoms with Gasteiger partial charge in [-0.25, -0.2) is 0 Å². The maximum atomic E-state index is 10.8. The molecule has 1 aromatic heterocycles. The van der Waals surface area contributed by atoms with Crippen molar-refractivity contribution >= 4 is 0 Å². The van der Waals surface area contributed by atoms with Gasteiger partial charge in [0, 0.05) is 26.0 Å². The molecule has 1 atom stereocenters. The van der Waals surface area contributed by atoms with Gasteiger partial charge < -0.3 is 9.84 Å². The summed E-state index contributed by atoms with van der Waals surface area (Å²) in [4.78, 5) is 0. The van der Waals surface area contributed by atoms with Gasteiger partial charge in [0.2, 0.25) is 0 Å². The van der Waals surface area contributed by atoms with E-state index in [1.165, 1.54) is 0 Å². The predicted octanol–water partition coefficient (Wildman–Crippen LogP) is 1.89. The highest BCUT2D eigenvalue weighted by molar-refractivity contribution is 5.22. The first-order valence-electron chi connectivity index (χ1n) is 6.39. The Bertz CT molecular complexity index is 510. The topological polar surface area (TPSA) is 47.3 Å². The van der Waals surface area contributed by atoms with Gasteiger partial charge in [-0.1, -0.05) is 30.3 Å². The molecule has 1 aromatic carbocycles. The number of aliphatic hydroxyl groups is 1. The fourth-order valence-electron chi connectivity index (χ4n) is 2.27. The van der Waals surface area contributed by atoms with E-state index >= 15 is 0 Å². The van der Waals surface area contributed by atoms with Crippen LogP contribution in [-0.4, -0.2) is 28.6 Å². The van der Waals surface area contributed by atoms with Crippen LogP contribution in [0.25, 0.3) is 0 Å². The fraction of sp³-hybridized carbons (Fsp3) is 0.400. The van der Waals surface area contributed by atoms with E-state index in [-0.39, 0.29) is 6.61 Å². The predicted molar refractivity (Wildman–Crippen MR) is 73.7 cm³/mol. The zero-order chi connectivity index (χ0) is 13.7. The molecule has 1 heterocycles. The molecule has 4 heteroatoms. The Labute approximate surface area is 113 Å². The van der Waals surface area contributed by atoms with Crippen LogP contribution in [0.15, 0.2) is 42.6 Å². The van der Waals surface area contributed by atoms with E-state index in [2.05, 4.69) is 5.10 Å². The van der Waals surface area contributed by atoms with Crippen molar-refractivity contribution in [2.24, 2.45) is 7.05 Å². The lowest BCUT2D eigenvalue weighted by Gasteiger charge is -2.28. The van der Waals surface area contributed by atoms with Gasteiger partial charge in [0.25, 0.3) is 0 Å². The first-order valence-corrected chi connectivity index (χ1v) is 6.39. The minimum Gasteiger partial charge on any atom is -0.383 e. The first kappa shape index (κ1) is 13.8. The van der Waals surface area contributed by atoms with Crippen LogP contribution < -0.4 is 0 Å². The van der Waals surface area contributed by atoms with Gasteiger partial charge in [-0.2, -0.15) is 5.10 Å². The molecule has 0 aliphatic heterocycles. The number of rotatable bonds is 6. The molecule has 102 valence electrons. The van der Waals surface area contributed by atoms with Gasteiger partial charge in [-0.3, -0.25) is 4.68 Å². The van der Waals surface area contributed by atoms with Crippen molar-refractivity contribution in [3.8, 4) is 0 Å². The smallest absolute Gasteiger partial charge is 0.113 e. The van der Waals surface area contributed by atoms with Crippen molar-refractivity contribution in [1.82, 2.24) is 9.78 Å². The molecule has 1 unspecified atom stereocenters. The molecule has 1 N–H and O–H groups in total. The van der Waals surface area contributed by atoms with Crippen LogP contribution in [0.1, 0.15) is 17.7 Å². The van der Waals surface area contributed by atoms with Gasteiger partial charge >= 0.3 is 0 Å². The molecule has 0 fully saturated rings. The Morgan fingerprint density at radius 3 is 2.58 bits per heavy atom. The highest BCUT2D eigenvalue weighted by atomic mass is 16.5. The number of aryl methyl sites for hydroxylation is 2. The summed E-state index contributed by atoms with van der Waals surface area (Å²) in [5.41, 5.74) is 1.03. The van der Waals surface area contributed by atoms with Crippen LogP contribution in [0, 0.1) is 0 Å². The van der Waals surface area contributed by atoms with Crippen LogP contribution in [-0.2, 0) is 23.8 Å². The summed E-state index contributed by atoms with van der Waals surface area (Å²) in [6.45, 7) is 0.287. The molecule has 0 saturated heterocycles. The molecule has 4 nitrogen and oxygen atoms in total. The van der Waals surface area contributed by atoms with Crippen molar-refractivity contribution < 1.29 is 9.84 Å². The molecule has 2 aromatic rings.